The monoisotopic (exact) mass is 610 g/mol. The summed E-state index contributed by atoms with van der Waals surface area (Å²) >= 11 is 4.84. The quantitative estimate of drug-likeness (QED) is 0.185. The van der Waals surface area contributed by atoms with Crippen molar-refractivity contribution in [1.82, 2.24) is 9.29 Å². The fourth-order valence-electron chi connectivity index (χ4n) is 4.35. The van der Waals surface area contributed by atoms with Gasteiger partial charge in [-0.2, -0.15) is 14.4 Å². The number of thiazole rings is 1. The zero-order valence-corrected chi connectivity index (χ0v) is 24.3. The molecule has 0 saturated carbocycles. The first-order valence-corrected chi connectivity index (χ1v) is 15.4. The number of hydrogen-bond donors (Lipinski definition) is 0. The molecule has 1 atom stereocenters. The zero-order chi connectivity index (χ0) is 26.9. The Bertz CT molecular complexity index is 1600. The molecule has 1 aliphatic rings. The lowest BCUT2D eigenvalue weighted by molar-refractivity contribution is 0.0987. The van der Waals surface area contributed by atoms with Crippen molar-refractivity contribution in [2.75, 3.05) is 18.1 Å². The summed E-state index contributed by atoms with van der Waals surface area (Å²) in [7, 11) is -3.62. The van der Waals surface area contributed by atoms with Gasteiger partial charge in [0.15, 0.2) is 0 Å². The van der Waals surface area contributed by atoms with Crippen molar-refractivity contribution in [1.29, 1.82) is 0 Å². The summed E-state index contributed by atoms with van der Waals surface area (Å²) in [5.74, 6) is -0.0733. The number of benzene rings is 3. The molecule has 2 heterocycles. The Kier molecular flexibility index (Phi) is 7.76. The van der Waals surface area contributed by atoms with Crippen LogP contribution in [0, 0.1) is 12.8 Å². The molecule has 196 valence electrons. The molecule has 38 heavy (non-hydrogen) atoms. The third kappa shape index (κ3) is 5.73. The van der Waals surface area contributed by atoms with Gasteiger partial charge in [-0.3, -0.25) is 4.79 Å². The van der Waals surface area contributed by atoms with Crippen LogP contribution >= 0.6 is 27.3 Å². The molecule has 0 spiro atoms. The fraction of sp³-hybridized carbons (Fsp3) is 0.250. The number of amides is 1. The second-order valence-electron chi connectivity index (χ2n) is 9.52. The smallest absolute Gasteiger partial charge is 0.267 e. The minimum absolute atomic E-state index is 0.183. The van der Waals surface area contributed by atoms with E-state index in [-0.39, 0.29) is 4.90 Å². The van der Waals surface area contributed by atoms with E-state index >= 15 is 0 Å². The molecule has 5 rings (SSSR count). The Balaban J connectivity index is 1.47. The SMILES string of the molecule is Cc1ccc(/C=N/N(C(=O)c2ccc(S(=O)(=O)N3CCCC(C)C3)cc2)c2nc3ccc(Br)cc3s2)cc1. The van der Waals surface area contributed by atoms with Gasteiger partial charge in [0.1, 0.15) is 0 Å². The first kappa shape index (κ1) is 26.7. The minimum atomic E-state index is -3.62. The molecule has 1 amide bonds. The van der Waals surface area contributed by atoms with Crippen LogP contribution in [0.2, 0.25) is 0 Å². The molecule has 1 saturated heterocycles. The van der Waals surface area contributed by atoms with Crippen molar-refractivity contribution < 1.29 is 13.2 Å². The molecular weight excluding hydrogens is 584 g/mol. The van der Waals surface area contributed by atoms with Crippen LogP contribution in [0.3, 0.4) is 0 Å². The molecule has 1 unspecified atom stereocenters. The number of carbonyl (C=O) groups excluding carboxylic acids is 1. The van der Waals surface area contributed by atoms with E-state index in [1.54, 1.807) is 18.3 Å². The van der Waals surface area contributed by atoms with Crippen LogP contribution in [0.4, 0.5) is 5.13 Å². The van der Waals surface area contributed by atoms with Gasteiger partial charge in [0.25, 0.3) is 5.91 Å². The van der Waals surface area contributed by atoms with Gasteiger partial charge in [0.2, 0.25) is 15.2 Å². The van der Waals surface area contributed by atoms with E-state index in [0.717, 1.165) is 38.7 Å². The second kappa shape index (κ2) is 11.1. The summed E-state index contributed by atoms with van der Waals surface area (Å²) in [5, 5.41) is 6.20. The first-order chi connectivity index (χ1) is 18.2. The number of piperidine rings is 1. The van der Waals surface area contributed by atoms with Crippen molar-refractivity contribution in [2.24, 2.45) is 11.0 Å². The fourth-order valence-corrected chi connectivity index (χ4v) is 7.42. The first-order valence-electron chi connectivity index (χ1n) is 12.3. The number of carbonyl (C=O) groups is 1. The van der Waals surface area contributed by atoms with Crippen LogP contribution in [0.25, 0.3) is 10.2 Å². The van der Waals surface area contributed by atoms with Gasteiger partial charge in [0.05, 0.1) is 21.3 Å². The van der Waals surface area contributed by atoms with Gasteiger partial charge in [-0.15, -0.1) is 0 Å². The molecule has 0 bridgehead atoms. The third-order valence-corrected chi connectivity index (χ3v) is 9.84. The average molecular weight is 612 g/mol. The van der Waals surface area contributed by atoms with Gasteiger partial charge < -0.3 is 0 Å². The van der Waals surface area contributed by atoms with E-state index < -0.39 is 15.9 Å². The van der Waals surface area contributed by atoms with E-state index in [2.05, 4.69) is 32.9 Å². The van der Waals surface area contributed by atoms with Gasteiger partial charge in [0, 0.05) is 23.1 Å². The molecule has 1 aromatic heterocycles. The lowest BCUT2D eigenvalue weighted by Gasteiger charge is -2.30. The average Bonchev–Trinajstić information content (AvgIpc) is 3.32. The number of halogens is 1. The standard InChI is InChI=1S/C28H27BrN4O3S2/c1-19-5-7-21(8-6-19)17-30-33(28-31-25-14-11-23(29)16-26(25)37-28)27(34)22-9-12-24(13-10-22)38(35,36)32-15-3-4-20(2)18-32/h5-14,16-17,20H,3-4,15,18H2,1-2H3/b30-17+. The maximum absolute atomic E-state index is 13.7. The maximum Gasteiger partial charge on any atom is 0.280 e. The normalized spacial score (nSPS) is 16.8. The molecule has 1 fully saturated rings. The number of hydrazone groups is 1. The van der Waals surface area contributed by atoms with Crippen molar-refractivity contribution in [3.05, 3.63) is 87.9 Å². The van der Waals surface area contributed by atoms with E-state index in [1.165, 1.54) is 32.8 Å². The highest BCUT2D eigenvalue weighted by Gasteiger charge is 2.29. The summed E-state index contributed by atoms with van der Waals surface area (Å²) < 4.78 is 29.7. The summed E-state index contributed by atoms with van der Waals surface area (Å²) in [6.45, 7) is 5.10. The molecular formula is C28H27BrN4O3S2. The number of rotatable bonds is 6. The Hall–Kier alpha value is -2.92. The number of nitrogens with zero attached hydrogens (tertiary/aromatic N) is 4. The van der Waals surface area contributed by atoms with E-state index in [4.69, 9.17) is 0 Å². The lowest BCUT2D eigenvalue weighted by Crippen LogP contribution is -2.39. The maximum atomic E-state index is 13.7. The molecule has 1 aliphatic heterocycles. The Labute approximate surface area is 235 Å². The predicted molar refractivity (Wildman–Crippen MR) is 157 cm³/mol. The Morgan fingerprint density at radius 1 is 1.13 bits per heavy atom. The molecule has 4 aromatic rings. The third-order valence-electron chi connectivity index (χ3n) is 6.47. The number of aryl methyl sites for hydroxylation is 1. The van der Waals surface area contributed by atoms with E-state index in [9.17, 15) is 13.2 Å². The molecule has 0 aliphatic carbocycles. The van der Waals surface area contributed by atoms with Crippen LogP contribution in [0.15, 0.2) is 81.2 Å². The summed E-state index contributed by atoms with van der Waals surface area (Å²) in [4.78, 5) is 18.5. The highest BCUT2D eigenvalue weighted by Crippen LogP contribution is 2.32. The summed E-state index contributed by atoms with van der Waals surface area (Å²) in [5.41, 5.74) is 3.04. The van der Waals surface area contributed by atoms with Gasteiger partial charge in [-0.25, -0.2) is 13.4 Å². The molecule has 7 nitrogen and oxygen atoms in total. The lowest BCUT2D eigenvalue weighted by atomic mass is 10.0. The number of fused-ring (bicyclic) bond motifs is 1. The highest BCUT2D eigenvalue weighted by molar-refractivity contribution is 9.10. The zero-order valence-electron chi connectivity index (χ0n) is 21.0. The van der Waals surface area contributed by atoms with Crippen molar-refractivity contribution in [3.63, 3.8) is 0 Å². The Morgan fingerprint density at radius 2 is 1.87 bits per heavy atom. The van der Waals surface area contributed by atoms with Crippen LogP contribution in [-0.2, 0) is 10.0 Å². The molecule has 10 heteroatoms. The van der Waals surface area contributed by atoms with E-state index in [1.807, 2.05) is 49.4 Å². The van der Waals surface area contributed by atoms with Crippen molar-refractivity contribution >= 4 is 64.8 Å². The summed E-state index contributed by atoms with van der Waals surface area (Å²) in [6, 6.07) is 19.6. The van der Waals surface area contributed by atoms with Crippen molar-refractivity contribution in [3.8, 4) is 0 Å². The number of hydrogen-bond acceptors (Lipinski definition) is 6. The van der Waals surface area contributed by atoms with Crippen LogP contribution in [0.5, 0.6) is 0 Å². The van der Waals surface area contributed by atoms with Gasteiger partial charge >= 0.3 is 0 Å². The van der Waals surface area contributed by atoms with Gasteiger partial charge in [-0.1, -0.05) is 64.0 Å². The Morgan fingerprint density at radius 3 is 2.58 bits per heavy atom. The van der Waals surface area contributed by atoms with Crippen LogP contribution < -0.4 is 5.01 Å². The number of sulfonamides is 1. The molecule has 0 N–H and O–H groups in total. The molecule has 0 radical (unpaired) electrons. The second-order valence-corrected chi connectivity index (χ2v) is 13.4. The minimum Gasteiger partial charge on any atom is -0.267 e. The number of aromatic nitrogens is 1. The molecule has 3 aromatic carbocycles. The predicted octanol–water partition coefficient (Wildman–Crippen LogP) is 6.47. The highest BCUT2D eigenvalue weighted by atomic mass is 79.9. The van der Waals surface area contributed by atoms with Crippen LogP contribution in [0.1, 0.15) is 41.3 Å². The van der Waals surface area contributed by atoms with E-state index in [0.29, 0.717) is 29.7 Å². The van der Waals surface area contributed by atoms with Gasteiger partial charge in [-0.05, 0) is 73.7 Å². The van der Waals surface area contributed by atoms with Crippen LogP contribution in [-0.4, -0.2) is 42.9 Å². The topological polar surface area (TPSA) is 82.9 Å². The largest absolute Gasteiger partial charge is 0.280 e. The summed E-state index contributed by atoms with van der Waals surface area (Å²) in [6.07, 6.45) is 3.50. The number of anilines is 1. The van der Waals surface area contributed by atoms with Crippen molar-refractivity contribution in [2.45, 2.75) is 31.6 Å².